The second-order valence-corrected chi connectivity index (χ2v) is 5.75. The molecule has 0 unspecified atom stereocenters. The Morgan fingerprint density at radius 2 is 2.00 bits per heavy atom. The Morgan fingerprint density at radius 1 is 1.38 bits per heavy atom. The molecule has 1 aromatic rings. The molecule has 5 heteroatoms. The molecule has 88 valence electrons. The maximum absolute atomic E-state index is 11.4. The average Bonchev–Trinajstić information content (AvgIpc) is 2.14. The summed E-state index contributed by atoms with van der Waals surface area (Å²) < 4.78 is 22.9. The van der Waals surface area contributed by atoms with Crippen molar-refractivity contribution in [1.82, 2.24) is 0 Å². The Kier molecular flexibility index (Phi) is 3.70. The fraction of sp³-hybridized carbons (Fsp3) is 0.364. The SMILES string of the molecule is Cc1ccc(CCC(=O)O)cc1S(C)(=O)=O. The van der Waals surface area contributed by atoms with E-state index in [-0.39, 0.29) is 11.3 Å². The molecule has 0 aliphatic carbocycles. The molecule has 0 heterocycles. The molecule has 0 saturated heterocycles. The lowest BCUT2D eigenvalue weighted by Gasteiger charge is -2.06. The molecular weight excluding hydrogens is 228 g/mol. The van der Waals surface area contributed by atoms with Crippen LogP contribution in [0.25, 0.3) is 0 Å². The van der Waals surface area contributed by atoms with Gasteiger partial charge in [0.25, 0.3) is 0 Å². The highest BCUT2D eigenvalue weighted by atomic mass is 32.2. The van der Waals surface area contributed by atoms with Crippen molar-refractivity contribution in [2.75, 3.05) is 6.26 Å². The van der Waals surface area contributed by atoms with Crippen molar-refractivity contribution >= 4 is 15.8 Å². The molecule has 0 aliphatic rings. The molecule has 0 saturated carbocycles. The van der Waals surface area contributed by atoms with Gasteiger partial charge in [-0.15, -0.1) is 0 Å². The second kappa shape index (κ2) is 4.65. The van der Waals surface area contributed by atoms with Crippen LogP contribution < -0.4 is 0 Å². The van der Waals surface area contributed by atoms with Crippen LogP contribution in [0.5, 0.6) is 0 Å². The average molecular weight is 242 g/mol. The van der Waals surface area contributed by atoms with Gasteiger partial charge in [0.1, 0.15) is 0 Å². The van der Waals surface area contributed by atoms with Gasteiger partial charge in [0.2, 0.25) is 0 Å². The number of carboxylic acids is 1. The first-order valence-electron chi connectivity index (χ1n) is 4.82. The molecular formula is C11H14O4S. The highest BCUT2D eigenvalue weighted by molar-refractivity contribution is 7.90. The fourth-order valence-corrected chi connectivity index (χ4v) is 2.47. The summed E-state index contributed by atoms with van der Waals surface area (Å²) in [6.45, 7) is 1.72. The number of aliphatic carboxylic acids is 1. The zero-order valence-electron chi connectivity index (χ0n) is 9.23. The Bertz CT molecular complexity index is 503. The first-order valence-corrected chi connectivity index (χ1v) is 6.71. The van der Waals surface area contributed by atoms with Gasteiger partial charge in [0.15, 0.2) is 9.84 Å². The summed E-state index contributed by atoms with van der Waals surface area (Å²) >= 11 is 0. The first kappa shape index (κ1) is 12.7. The van der Waals surface area contributed by atoms with Crippen LogP contribution in [0.1, 0.15) is 17.5 Å². The van der Waals surface area contributed by atoms with Crippen LogP contribution in [0.15, 0.2) is 23.1 Å². The third kappa shape index (κ3) is 3.34. The number of hydrogen-bond donors (Lipinski definition) is 1. The first-order chi connectivity index (χ1) is 7.30. The summed E-state index contributed by atoms with van der Waals surface area (Å²) in [5.74, 6) is -0.888. The van der Waals surface area contributed by atoms with Crippen molar-refractivity contribution in [2.24, 2.45) is 0 Å². The third-order valence-electron chi connectivity index (χ3n) is 2.28. The Hall–Kier alpha value is -1.36. The normalized spacial score (nSPS) is 11.4. The fourth-order valence-electron chi connectivity index (χ4n) is 1.45. The predicted molar refractivity (Wildman–Crippen MR) is 60.2 cm³/mol. The molecule has 0 atom stereocenters. The van der Waals surface area contributed by atoms with Gasteiger partial charge in [0.05, 0.1) is 4.90 Å². The van der Waals surface area contributed by atoms with Crippen LogP contribution in [0.4, 0.5) is 0 Å². The molecule has 1 N–H and O–H groups in total. The molecule has 0 radical (unpaired) electrons. The topological polar surface area (TPSA) is 71.4 Å². The predicted octanol–water partition coefficient (Wildman–Crippen LogP) is 1.42. The van der Waals surface area contributed by atoms with E-state index in [1.165, 1.54) is 0 Å². The molecule has 0 spiro atoms. The summed E-state index contributed by atoms with van der Waals surface area (Å²) in [5.41, 5.74) is 1.41. The largest absolute Gasteiger partial charge is 0.481 e. The summed E-state index contributed by atoms with van der Waals surface area (Å²) in [6, 6.07) is 5.01. The Labute approximate surface area is 94.8 Å². The van der Waals surface area contributed by atoms with E-state index in [2.05, 4.69) is 0 Å². The zero-order chi connectivity index (χ0) is 12.3. The van der Waals surface area contributed by atoms with Crippen molar-refractivity contribution in [2.45, 2.75) is 24.7 Å². The highest BCUT2D eigenvalue weighted by Crippen LogP contribution is 2.17. The standard InChI is InChI=1S/C11H14O4S/c1-8-3-4-9(5-6-11(12)13)7-10(8)16(2,14)15/h3-4,7H,5-6H2,1-2H3,(H,12,13). The van der Waals surface area contributed by atoms with E-state index in [4.69, 9.17) is 5.11 Å². The molecule has 0 bridgehead atoms. The van der Waals surface area contributed by atoms with Crippen LogP contribution in [0.2, 0.25) is 0 Å². The summed E-state index contributed by atoms with van der Waals surface area (Å²) in [5, 5.41) is 8.54. The van der Waals surface area contributed by atoms with Gasteiger partial charge in [-0.1, -0.05) is 12.1 Å². The van der Waals surface area contributed by atoms with Gasteiger partial charge in [-0.2, -0.15) is 0 Å². The van der Waals surface area contributed by atoms with Crippen LogP contribution in [-0.4, -0.2) is 25.7 Å². The number of rotatable bonds is 4. The number of aryl methyl sites for hydroxylation is 2. The van der Waals surface area contributed by atoms with Crippen LogP contribution in [0.3, 0.4) is 0 Å². The lowest BCUT2D eigenvalue weighted by molar-refractivity contribution is -0.136. The van der Waals surface area contributed by atoms with E-state index in [0.29, 0.717) is 12.0 Å². The number of sulfone groups is 1. The summed E-state index contributed by atoms with van der Waals surface area (Å²) in [6.07, 6.45) is 1.50. The van der Waals surface area contributed by atoms with Crippen molar-refractivity contribution < 1.29 is 18.3 Å². The van der Waals surface area contributed by atoms with Gasteiger partial charge >= 0.3 is 5.97 Å². The van der Waals surface area contributed by atoms with Crippen molar-refractivity contribution in [3.63, 3.8) is 0 Å². The molecule has 0 fully saturated rings. The monoisotopic (exact) mass is 242 g/mol. The van der Waals surface area contributed by atoms with Crippen LogP contribution in [0, 0.1) is 6.92 Å². The smallest absolute Gasteiger partial charge is 0.303 e. The maximum Gasteiger partial charge on any atom is 0.303 e. The second-order valence-electron chi connectivity index (χ2n) is 3.77. The molecule has 1 rings (SSSR count). The van der Waals surface area contributed by atoms with Gasteiger partial charge in [-0.3, -0.25) is 4.79 Å². The molecule has 16 heavy (non-hydrogen) atoms. The molecule has 1 aromatic carbocycles. The van der Waals surface area contributed by atoms with Crippen molar-refractivity contribution in [1.29, 1.82) is 0 Å². The van der Waals surface area contributed by atoms with Gasteiger partial charge in [-0.05, 0) is 30.5 Å². The molecule has 0 aliphatic heterocycles. The minimum atomic E-state index is -3.24. The lowest BCUT2D eigenvalue weighted by Crippen LogP contribution is -2.03. The highest BCUT2D eigenvalue weighted by Gasteiger charge is 2.11. The quantitative estimate of drug-likeness (QED) is 0.866. The molecule has 0 aromatic heterocycles. The third-order valence-corrected chi connectivity index (χ3v) is 3.52. The van der Waals surface area contributed by atoms with E-state index in [0.717, 1.165) is 11.8 Å². The van der Waals surface area contributed by atoms with Crippen molar-refractivity contribution in [3.8, 4) is 0 Å². The summed E-state index contributed by atoms with van der Waals surface area (Å²) in [7, 11) is -3.24. The zero-order valence-corrected chi connectivity index (χ0v) is 10.0. The number of benzene rings is 1. The Morgan fingerprint density at radius 3 is 2.50 bits per heavy atom. The minimum Gasteiger partial charge on any atom is -0.481 e. The van der Waals surface area contributed by atoms with E-state index in [1.807, 2.05) is 0 Å². The van der Waals surface area contributed by atoms with E-state index >= 15 is 0 Å². The molecule has 4 nitrogen and oxygen atoms in total. The van der Waals surface area contributed by atoms with Crippen molar-refractivity contribution in [3.05, 3.63) is 29.3 Å². The minimum absolute atomic E-state index is 0.00621. The summed E-state index contributed by atoms with van der Waals surface area (Å²) in [4.78, 5) is 10.7. The maximum atomic E-state index is 11.4. The van der Waals surface area contributed by atoms with E-state index in [9.17, 15) is 13.2 Å². The van der Waals surface area contributed by atoms with Gasteiger partial charge < -0.3 is 5.11 Å². The number of hydrogen-bond acceptors (Lipinski definition) is 3. The van der Waals surface area contributed by atoms with Crippen LogP contribution in [-0.2, 0) is 21.1 Å². The van der Waals surface area contributed by atoms with Gasteiger partial charge in [0, 0.05) is 12.7 Å². The number of carbonyl (C=O) groups is 1. The number of carboxylic acid groups (broad SMARTS) is 1. The van der Waals surface area contributed by atoms with Crippen LogP contribution >= 0.6 is 0 Å². The van der Waals surface area contributed by atoms with Gasteiger partial charge in [-0.25, -0.2) is 8.42 Å². The van der Waals surface area contributed by atoms with E-state index < -0.39 is 15.8 Å². The molecule has 0 amide bonds. The van der Waals surface area contributed by atoms with E-state index in [1.54, 1.807) is 25.1 Å². The lowest BCUT2D eigenvalue weighted by atomic mass is 10.1. The Balaban J connectivity index is 3.04.